The second-order valence-corrected chi connectivity index (χ2v) is 6.76. The van der Waals surface area contributed by atoms with Crippen LogP contribution in [0.1, 0.15) is 50.2 Å². The third-order valence-electron chi connectivity index (χ3n) is 4.91. The first-order chi connectivity index (χ1) is 12.1. The van der Waals surface area contributed by atoms with Crippen molar-refractivity contribution in [2.45, 2.75) is 51.9 Å². The molecule has 0 amide bonds. The number of rotatable bonds is 6. The Labute approximate surface area is 147 Å². The molecular weight excluding hydrogens is 321 g/mol. The molecule has 1 aliphatic carbocycles. The smallest absolute Gasteiger partial charge is 0.166 e. The lowest BCUT2D eigenvalue weighted by Crippen LogP contribution is -2.05. The molecule has 2 aromatic rings. The van der Waals surface area contributed by atoms with Gasteiger partial charge in [-0.05, 0) is 55.0 Å². The van der Waals surface area contributed by atoms with Gasteiger partial charge in [-0.3, -0.25) is 0 Å². The van der Waals surface area contributed by atoms with Crippen LogP contribution in [0.4, 0.5) is 13.2 Å². The average molecular weight is 344 g/mol. The van der Waals surface area contributed by atoms with Crippen molar-refractivity contribution in [2.24, 2.45) is 0 Å². The highest BCUT2D eigenvalue weighted by molar-refractivity contribution is 5.67. The molecule has 0 heterocycles. The van der Waals surface area contributed by atoms with E-state index in [0.717, 1.165) is 36.5 Å². The van der Waals surface area contributed by atoms with Gasteiger partial charge >= 0.3 is 0 Å². The molecule has 0 atom stereocenters. The molecule has 0 N–H and O–H groups in total. The van der Waals surface area contributed by atoms with Gasteiger partial charge in [-0.15, -0.1) is 0 Å². The number of hydrogen-bond acceptors (Lipinski definition) is 0. The van der Waals surface area contributed by atoms with E-state index in [2.05, 4.69) is 13.0 Å². The Morgan fingerprint density at radius 3 is 2.52 bits per heavy atom. The fourth-order valence-corrected chi connectivity index (χ4v) is 3.47. The zero-order valence-corrected chi connectivity index (χ0v) is 14.5. The molecular formula is C22H23F3. The zero-order chi connectivity index (χ0) is 17.8. The van der Waals surface area contributed by atoms with Crippen LogP contribution in [-0.2, 0) is 12.8 Å². The second-order valence-electron chi connectivity index (χ2n) is 6.76. The Morgan fingerprint density at radius 2 is 1.72 bits per heavy atom. The van der Waals surface area contributed by atoms with Crippen LogP contribution in [0.25, 0.3) is 11.1 Å². The maximum atomic E-state index is 14.5. The van der Waals surface area contributed by atoms with Crippen molar-refractivity contribution in [3.8, 4) is 11.1 Å². The molecule has 0 bridgehead atoms. The summed E-state index contributed by atoms with van der Waals surface area (Å²) < 4.78 is 42.0. The minimum absolute atomic E-state index is 0.0188. The van der Waals surface area contributed by atoms with Gasteiger partial charge in [-0.25, -0.2) is 13.2 Å². The van der Waals surface area contributed by atoms with Gasteiger partial charge in [0.15, 0.2) is 11.6 Å². The Bertz CT molecular complexity index is 790. The fourth-order valence-electron chi connectivity index (χ4n) is 3.47. The molecule has 3 rings (SSSR count). The molecule has 132 valence electrons. The van der Waals surface area contributed by atoms with E-state index in [4.69, 9.17) is 0 Å². The van der Waals surface area contributed by atoms with Gasteiger partial charge in [0.1, 0.15) is 5.82 Å². The van der Waals surface area contributed by atoms with Crippen molar-refractivity contribution < 1.29 is 13.2 Å². The van der Waals surface area contributed by atoms with Gasteiger partial charge < -0.3 is 0 Å². The highest BCUT2D eigenvalue weighted by Gasteiger charge is 2.18. The van der Waals surface area contributed by atoms with E-state index in [-0.39, 0.29) is 11.1 Å². The van der Waals surface area contributed by atoms with E-state index < -0.39 is 17.5 Å². The quantitative estimate of drug-likeness (QED) is 0.401. The van der Waals surface area contributed by atoms with Crippen molar-refractivity contribution >= 4 is 0 Å². The molecule has 0 radical (unpaired) electrons. The largest absolute Gasteiger partial charge is 0.206 e. The van der Waals surface area contributed by atoms with E-state index in [1.54, 1.807) is 6.07 Å². The van der Waals surface area contributed by atoms with Crippen LogP contribution in [-0.4, -0.2) is 0 Å². The summed E-state index contributed by atoms with van der Waals surface area (Å²) in [5, 5.41) is 0. The Balaban J connectivity index is 1.81. The summed E-state index contributed by atoms with van der Waals surface area (Å²) >= 11 is 0. The number of allylic oxidation sites excluding steroid dienone is 2. The highest BCUT2D eigenvalue weighted by Crippen LogP contribution is 2.33. The first-order valence-electron chi connectivity index (χ1n) is 9.03. The lowest BCUT2D eigenvalue weighted by atomic mass is 9.87. The summed E-state index contributed by atoms with van der Waals surface area (Å²) in [5.74, 6) is -2.44. The minimum Gasteiger partial charge on any atom is -0.206 e. The van der Waals surface area contributed by atoms with Gasteiger partial charge in [0, 0.05) is 11.1 Å². The van der Waals surface area contributed by atoms with Crippen molar-refractivity contribution in [3.63, 3.8) is 0 Å². The lowest BCUT2D eigenvalue weighted by molar-refractivity contribution is 0.510. The first kappa shape index (κ1) is 17.8. The number of benzene rings is 2. The van der Waals surface area contributed by atoms with Crippen LogP contribution in [0.5, 0.6) is 0 Å². The normalized spacial score (nSPS) is 13.5. The Hall–Kier alpha value is -2.03. The van der Waals surface area contributed by atoms with Crippen LogP contribution in [0.2, 0.25) is 0 Å². The van der Waals surface area contributed by atoms with Gasteiger partial charge in [-0.1, -0.05) is 50.0 Å². The molecule has 25 heavy (non-hydrogen) atoms. The highest BCUT2D eigenvalue weighted by atomic mass is 19.2. The molecule has 0 fully saturated rings. The fraction of sp³-hybridized carbons (Fsp3) is 0.364. The van der Waals surface area contributed by atoms with E-state index in [9.17, 15) is 13.2 Å². The van der Waals surface area contributed by atoms with Gasteiger partial charge in [0.25, 0.3) is 0 Å². The lowest BCUT2D eigenvalue weighted by Gasteiger charge is -2.19. The maximum absolute atomic E-state index is 14.5. The van der Waals surface area contributed by atoms with Crippen LogP contribution < -0.4 is 0 Å². The third-order valence-corrected chi connectivity index (χ3v) is 4.91. The monoisotopic (exact) mass is 344 g/mol. The molecule has 2 aromatic carbocycles. The predicted octanol–water partition coefficient (Wildman–Crippen LogP) is 6.77. The SMILES string of the molecule is CCCCCCC1=CCc2cc(-c3cccc(F)c3F)c(F)cc2C1. The molecule has 1 aliphatic rings. The molecule has 0 aromatic heterocycles. The number of unbranched alkanes of at least 4 members (excludes halogenated alkanes) is 3. The van der Waals surface area contributed by atoms with Crippen LogP contribution in [0.15, 0.2) is 42.0 Å². The summed E-state index contributed by atoms with van der Waals surface area (Å²) in [6.07, 6.45) is 9.61. The average Bonchev–Trinajstić information content (AvgIpc) is 2.61. The second kappa shape index (κ2) is 7.90. The van der Waals surface area contributed by atoms with Crippen molar-refractivity contribution in [1.29, 1.82) is 0 Å². The van der Waals surface area contributed by atoms with E-state index in [1.165, 1.54) is 49.5 Å². The minimum atomic E-state index is -0.996. The Kier molecular flexibility index (Phi) is 5.62. The Morgan fingerprint density at radius 1 is 0.880 bits per heavy atom. The molecule has 0 saturated carbocycles. The van der Waals surface area contributed by atoms with Crippen molar-refractivity contribution in [3.05, 3.63) is 70.6 Å². The molecule has 0 saturated heterocycles. The molecule has 0 aliphatic heterocycles. The zero-order valence-electron chi connectivity index (χ0n) is 14.5. The summed E-state index contributed by atoms with van der Waals surface area (Å²) in [5.41, 5.74) is 3.43. The predicted molar refractivity (Wildman–Crippen MR) is 96.0 cm³/mol. The summed E-state index contributed by atoms with van der Waals surface area (Å²) in [7, 11) is 0. The van der Waals surface area contributed by atoms with Crippen molar-refractivity contribution in [1.82, 2.24) is 0 Å². The molecule has 0 nitrogen and oxygen atoms in total. The van der Waals surface area contributed by atoms with Crippen LogP contribution in [0.3, 0.4) is 0 Å². The van der Waals surface area contributed by atoms with Gasteiger partial charge in [0.05, 0.1) is 0 Å². The van der Waals surface area contributed by atoms with Crippen molar-refractivity contribution in [2.75, 3.05) is 0 Å². The summed E-state index contributed by atoms with van der Waals surface area (Å²) in [6.45, 7) is 2.19. The van der Waals surface area contributed by atoms with Crippen LogP contribution >= 0.6 is 0 Å². The molecule has 0 unspecified atom stereocenters. The van der Waals surface area contributed by atoms with Gasteiger partial charge in [-0.2, -0.15) is 0 Å². The number of halogens is 3. The first-order valence-corrected chi connectivity index (χ1v) is 9.03. The molecule has 0 spiro atoms. The third kappa shape index (κ3) is 3.97. The summed E-state index contributed by atoms with van der Waals surface area (Å²) in [6, 6.07) is 7.03. The number of fused-ring (bicyclic) bond motifs is 1. The molecule has 3 heteroatoms. The summed E-state index contributed by atoms with van der Waals surface area (Å²) in [4.78, 5) is 0. The topological polar surface area (TPSA) is 0 Å². The van der Waals surface area contributed by atoms with Crippen LogP contribution in [0, 0.1) is 17.5 Å². The van der Waals surface area contributed by atoms with E-state index >= 15 is 0 Å². The standard InChI is InChI=1S/C22H23F3/c1-2-3-4-5-7-15-10-11-16-13-19(21(24)14-17(16)12-15)18-8-6-9-20(23)22(18)25/h6,8-10,13-14H,2-5,7,11-12H2,1H3. The van der Waals surface area contributed by atoms with E-state index in [0.29, 0.717) is 0 Å². The maximum Gasteiger partial charge on any atom is 0.166 e. The van der Waals surface area contributed by atoms with E-state index in [1.807, 2.05) is 0 Å². The van der Waals surface area contributed by atoms with Gasteiger partial charge in [0.2, 0.25) is 0 Å². The number of hydrogen-bond donors (Lipinski definition) is 0.